The third kappa shape index (κ3) is 5.43. The van der Waals surface area contributed by atoms with E-state index in [4.69, 9.17) is 16.7 Å². The van der Waals surface area contributed by atoms with Gasteiger partial charge in [0.15, 0.2) is 0 Å². The molecule has 0 saturated carbocycles. The summed E-state index contributed by atoms with van der Waals surface area (Å²) in [6.45, 7) is 8.33. The van der Waals surface area contributed by atoms with Crippen molar-refractivity contribution in [2.75, 3.05) is 18.0 Å². The highest BCUT2D eigenvalue weighted by Gasteiger charge is 2.13. The third-order valence-corrected chi connectivity index (χ3v) is 3.99. The maximum atomic E-state index is 10.7. The Hall–Kier alpha value is -1.48. The van der Waals surface area contributed by atoms with Crippen molar-refractivity contribution in [3.05, 3.63) is 34.9 Å². The number of carboxylic acids is 1. The average molecular weight is 310 g/mol. The fourth-order valence-corrected chi connectivity index (χ4v) is 2.52. The normalized spacial score (nSPS) is 11.3. The van der Waals surface area contributed by atoms with Gasteiger partial charge >= 0.3 is 5.97 Å². The van der Waals surface area contributed by atoms with Crippen molar-refractivity contribution < 1.29 is 9.90 Å². The van der Waals surface area contributed by atoms with Crippen molar-refractivity contribution in [3.63, 3.8) is 0 Å². The minimum atomic E-state index is -0.945. The van der Waals surface area contributed by atoms with E-state index in [0.29, 0.717) is 10.9 Å². The highest BCUT2D eigenvalue weighted by atomic mass is 35.5. The lowest BCUT2D eigenvalue weighted by atomic mass is 10.0. The van der Waals surface area contributed by atoms with Crippen LogP contribution in [0.3, 0.4) is 0 Å². The summed E-state index contributed by atoms with van der Waals surface area (Å²) in [7, 11) is 0. The van der Waals surface area contributed by atoms with Crippen LogP contribution in [0.15, 0.2) is 24.3 Å². The zero-order valence-corrected chi connectivity index (χ0v) is 13.7. The molecule has 116 valence electrons. The number of carbonyl (C=O) groups is 1. The Balaban J connectivity index is 3.11. The molecule has 0 aromatic heterocycles. The largest absolute Gasteiger partial charge is 0.478 e. The van der Waals surface area contributed by atoms with Crippen LogP contribution in [0.25, 0.3) is 6.08 Å². The molecular weight excluding hydrogens is 286 g/mol. The van der Waals surface area contributed by atoms with E-state index in [1.54, 1.807) is 12.1 Å². The van der Waals surface area contributed by atoms with Crippen LogP contribution in [0.5, 0.6) is 0 Å². The molecular formula is C17H24ClNO2. The van der Waals surface area contributed by atoms with E-state index in [1.807, 2.05) is 12.1 Å². The van der Waals surface area contributed by atoms with Gasteiger partial charge in [-0.1, -0.05) is 44.4 Å². The van der Waals surface area contributed by atoms with E-state index in [0.717, 1.165) is 43.3 Å². The topological polar surface area (TPSA) is 40.5 Å². The molecule has 0 amide bonds. The number of nitrogens with zero attached hydrogens (tertiary/aromatic N) is 1. The lowest BCUT2D eigenvalue weighted by Crippen LogP contribution is -2.29. The summed E-state index contributed by atoms with van der Waals surface area (Å²) < 4.78 is 0. The second-order valence-corrected chi connectivity index (χ2v) is 5.53. The van der Waals surface area contributed by atoms with Gasteiger partial charge in [-0.15, -0.1) is 0 Å². The van der Waals surface area contributed by atoms with Gasteiger partial charge in [-0.05, 0) is 36.6 Å². The van der Waals surface area contributed by atoms with Crippen molar-refractivity contribution in [2.45, 2.75) is 33.6 Å². The van der Waals surface area contributed by atoms with Gasteiger partial charge in [0.1, 0.15) is 0 Å². The summed E-state index contributed by atoms with van der Waals surface area (Å²) in [5, 5.41) is 9.48. The Labute approximate surface area is 132 Å². The number of carboxylic acid groups (broad SMARTS) is 1. The van der Waals surface area contributed by atoms with Gasteiger partial charge in [-0.2, -0.15) is 0 Å². The highest BCUT2D eigenvalue weighted by Crippen LogP contribution is 2.27. The van der Waals surface area contributed by atoms with Crippen LogP contribution < -0.4 is 4.90 Å². The van der Waals surface area contributed by atoms with Crippen molar-refractivity contribution in [2.24, 2.45) is 5.92 Å². The molecule has 0 fully saturated rings. The highest BCUT2D eigenvalue weighted by molar-refractivity contribution is 6.31. The number of aliphatic carboxylic acids is 1. The number of hydrogen-bond acceptors (Lipinski definition) is 2. The quantitative estimate of drug-likeness (QED) is 0.708. The van der Waals surface area contributed by atoms with E-state index < -0.39 is 5.97 Å². The van der Waals surface area contributed by atoms with E-state index in [9.17, 15) is 4.79 Å². The second-order valence-electron chi connectivity index (χ2n) is 5.10. The Bertz CT molecular complexity index is 496. The van der Waals surface area contributed by atoms with Gasteiger partial charge < -0.3 is 10.0 Å². The van der Waals surface area contributed by atoms with Crippen molar-refractivity contribution >= 4 is 29.3 Å². The van der Waals surface area contributed by atoms with Crippen molar-refractivity contribution in [1.29, 1.82) is 0 Å². The lowest BCUT2D eigenvalue weighted by molar-refractivity contribution is -0.131. The average Bonchev–Trinajstić information content (AvgIpc) is 2.47. The Morgan fingerprint density at radius 2 is 2.00 bits per heavy atom. The molecule has 0 bridgehead atoms. The zero-order chi connectivity index (χ0) is 15.8. The third-order valence-electron chi connectivity index (χ3n) is 3.75. The minimum Gasteiger partial charge on any atom is -0.478 e. The predicted molar refractivity (Wildman–Crippen MR) is 90.1 cm³/mol. The summed E-state index contributed by atoms with van der Waals surface area (Å²) in [4.78, 5) is 13.0. The maximum absolute atomic E-state index is 10.7. The van der Waals surface area contributed by atoms with Crippen LogP contribution in [0.2, 0.25) is 5.02 Å². The molecule has 0 heterocycles. The predicted octanol–water partition coefficient (Wildman–Crippen LogP) is 4.70. The van der Waals surface area contributed by atoms with Gasteiger partial charge in [-0.25, -0.2) is 4.79 Å². The molecule has 0 unspecified atom stereocenters. The number of rotatable bonds is 8. The smallest absolute Gasteiger partial charge is 0.328 e. The summed E-state index contributed by atoms with van der Waals surface area (Å²) >= 11 is 6.12. The van der Waals surface area contributed by atoms with Crippen LogP contribution in [0.4, 0.5) is 5.69 Å². The Morgan fingerprint density at radius 3 is 2.52 bits per heavy atom. The Morgan fingerprint density at radius 1 is 1.33 bits per heavy atom. The molecule has 4 heteroatoms. The molecule has 0 aliphatic carbocycles. The first-order valence-electron chi connectivity index (χ1n) is 7.47. The molecule has 0 aliphatic heterocycles. The SMILES string of the molecule is CCC(CC)CN(CC)c1cc(Cl)ccc1/C=C/C(=O)O. The molecule has 1 N–H and O–H groups in total. The molecule has 3 nitrogen and oxygen atoms in total. The summed E-state index contributed by atoms with van der Waals surface area (Å²) in [6.07, 6.45) is 5.06. The van der Waals surface area contributed by atoms with Crippen molar-refractivity contribution in [3.8, 4) is 0 Å². The first-order valence-corrected chi connectivity index (χ1v) is 7.85. The second kappa shape index (κ2) is 8.73. The molecule has 0 spiro atoms. The lowest BCUT2D eigenvalue weighted by Gasteiger charge is -2.29. The number of anilines is 1. The number of halogens is 1. The monoisotopic (exact) mass is 309 g/mol. The molecule has 1 rings (SSSR count). The fraction of sp³-hybridized carbons (Fsp3) is 0.471. The minimum absolute atomic E-state index is 0.625. The van der Waals surface area contributed by atoms with Crippen molar-refractivity contribution in [1.82, 2.24) is 0 Å². The standard InChI is InChI=1S/C17H24ClNO2/c1-4-13(5-2)12-19(6-3)16-11-15(18)9-7-14(16)8-10-17(20)21/h7-11,13H,4-6,12H2,1-3H3,(H,20,21)/b10-8+. The van der Waals surface area contributed by atoms with Crippen LogP contribution in [-0.4, -0.2) is 24.2 Å². The van der Waals surface area contributed by atoms with Crippen LogP contribution in [0, 0.1) is 5.92 Å². The van der Waals surface area contributed by atoms with Crippen LogP contribution >= 0.6 is 11.6 Å². The van der Waals surface area contributed by atoms with E-state index in [-0.39, 0.29) is 0 Å². The molecule has 0 atom stereocenters. The molecule has 0 radical (unpaired) electrons. The van der Waals surface area contributed by atoms with Gasteiger partial charge in [0.2, 0.25) is 0 Å². The first kappa shape index (κ1) is 17.6. The summed E-state index contributed by atoms with van der Waals surface area (Å²) in [5.41, 5.74) is 1.88. The van der Waals surface area contributed by atoms with E-state index in [2.05, 4.69) is 25.7 Å². The summed E-state index contributed by atoms with van der Waals surface area (Å²) in [6, 6.07) is 5.57. The first-order chi connectivity index (χ1) is 10.0. The van der Waals surface area contributed by atoms with Gasteiger partial charge in [0.25, 0.3) is 0 Å². The van der Waals surface area contributed by atoms with Gasteiger partial charge in [-0.3, -0.25) is 0 Å². The zero-order valence-electron chi connectivity index (χ0n) is 13.0. The maximum Gasteiger partial charge on any atom is 0.328 e. The van der Waals surface area contributed by atoms with E-state index >= 15 is 0 Å². The summed E-state index contributed by atoms with van der Waals surface area (Å²) in [5.74, 6) is -0.320. The number of hydrogen-bond donors (Lipinski definition) is 1. The fourth-order valence-electron chi connectivity index (χ4n) is 2.35. The molecule has 1 aromatic carbocycles. The molecule has 0 aliphatic rings. The van der Waals surface area contributed by atoms with Crippen LogP contribution in [0.1, 0.15) is 39.2 Å². The molecule has 1 aromatic rings. The Kier molecular flexibility index (Phi) is 7.30. The van der Waals surface area contributed by atoms with Gasteiger partial charge in [0, 0.05) is 29.9 Å². The molecule has 21 heavy (non-hydrogen) atoms. The molecule has 0 saturated heterocycles. The van der Waals surface area contributed by atoms with Gasteiger partial charge in [0.05, 0.1) is 0 Å². The van der Waals surface area contributed by atoms with Crippen LogP contribution in [-0.2, 0) is 4.79 Å². The number of benzene rings is 1. The van der Waals surface area contributed by atoms with E-state index in [1.165, 1.54) is 0 Å².